The second-order valence-electron chi connectivity index (χ2n) is 7.24. The zero-order chi connectivity index (χ0) is 17.2. The zero-order valence-corrected chi connectivity index (χ0v) is 15.5. The van der Waals surface area contributed by atoms with Crippen molar-refractivity contribution in [1.29, 1.82) is 0 Å². The lowest BCUT2D eigenvalue weighted by atomic mass is 10.2. The van der Waals surface area contributed by atoms with Crippen molar-refractivity contribution in [2.45, 2.75) is 44.9 Å². The van der Waals surface area contributed by atoms with Gasteiger partial charge in [0, 0.05) is 6.42 Å². The smallest absolute Gasteiger partial charge is 0.308 e. The van der Waals surface area contributed by atoms with Crippen LogP contribution in [-0.2, 0) is 14.0 Å². The molecule has 3 rings (SSSR count). The highest BCUT2D eigenvalue weighted by Crippen LogP contribution is 2.38. The van der Waals surface area contributed by atoms with E-state index in [1.54, 1.807) is 0 Å². The van der Waals surface area contributed by atoms with Gasteiger partial charge in [-0.15, -0.1) is 0 Å². The van der Waals surface area contributed by atoms with Crippen molar-refractivity contribution in [2.75, 3.05) is 0 Å². The van der Waals surface area contributed by atoms with Crippen molar-refractivity contribution in [3.8, 4) is 0 Å². The van der Waals surface area contributed by atoms with E-state index in [0.717, 1.165) is 0 Å². The molecule has 0 saturated carbocycles. The van der Waals surface area contributed by atoms with Crippen molar-refractivity contribution in [3.05, 3.63) is 60.7 Å². The molecule has 2 aromatic rings. The monoisotopic (exact) mass is 340 g/mol. The summed E-state index contributed by atoms with van der Waals surface area (Å²) in [5.41, 5.74) is 0. The number of hydrogen-bond donors (Lipinski definition) is 0. The summed E-state index contributed by atoms with van der Waals surface area (Å²) in [6, 6.07) is 20.8. The van der Waals surface area contributed by atoms with Crippen LogP contribution in [0.5, 0.6) is 0 Å². The summed E-state index contributed by atoms with van der Waals surface area (Å²) >= 11 is 0. The third-order valence-electron chi connectivity index (χ3n) is 4.57. The average molecular weight is 340 g/mol. The predicted octanol–water partition coefficient (Wildman–Crippen LogP) is 3.23. The molecule has 0 radical (unpaired) electrons. The van der Waals surface area contributed by atoms with Crippen LogP contribution in [0.4, 0.5) is 0 Å². The van der Waals surface area contributed by atoms with Gasteiger partial charge in [0.2, 0.25) is 0 Å². The van der Waals surface area contributed by atoms with Gasteiger partial charge >= 0.3 is 5.97 Å². The highest BCUT2D eigenvalue weighted by atomic mass is 28.4. The molecule has 2 aromatic carbocycles. The molecule has 1 aliphatic rings. The van der Waals surface area contributed by atoms with Crippen molar-refractivity contribution < 1.29 is 14.0 Å². The fourth-order valence-electron chi connectivity index (χ4n) is 3.47. The van der Waals surface area contributed by atoms with E-state index in [1.165, 1.54) is 10.4 Å². The van der Waals surface area contributed by atoms with Crippen LogP contribution in [0.1, 0.15) is 33.6 Å². The van der Waals surface area contributed by atoms with E-state index < -0.39 is 14.6 Å². The van der Waals surface area contributed by atoms with Crippen LogP contribution in [0.15, 0.2) is 60.7 Å². The van der Waals surface area contributed by atoms with Crippen LogP contribution in [0, 0.1) is 0 Å². The van der Waals surface area contributed by atoms with Crippen LogP contribution in [0.25, 0.3) is 0 Å². The second-order valence-corrected chi connectivity index (χ2v) is 11.5. The molecule has 1 saturated heterocycles. The number of carbonyl (C=O) groups is 1. The van der Waals surface area contributed by atoms with Crippen molar-refractivity contribution in [1.82, 2.24) is 0 Å². The summed E-state index contributed by atoms with van der Waals surface area (Å²) < 4.78 is 12.1. The van der Waals surface area contributed by atoms with Gasteiger partial charge in [0.15, 0.2) is 6.29 Å². The molecule has 0 aromatic heterocycles. The topological polar surface area (TPSA) is 35.5 Å². The lowest BCUT2D eigenvalue weighted by molar-refractivity contribution is -0.151. The van der Waals surface area contributed by atoms with E-state index in [1.807, 2.05) is 12.1 Å². The molecule has 1 unspecified atom stereocenters. The van der Waals surface area contributed by atoms with Crippen LogP contribution < -0.4 is 10.4 Å². The number of hydrogen-bond acceptors (Lipinski definition) is 3. The molecule has 24 heavy (non-hydrogen) atoms. The molecule has 0 aliphatic carbocycles. The van der Waals surface area contributed by atoms with Crippen LogP contribution >= 0.6 is 0 Å². The fraction of sp³-hybridized carbons (Fsp3) is 0.350. The average Bonchev–Trinajstić information content (AvgIpc) is 2.98. The summed E-state index contributed by atoms with van der Waals surface area (Å²) in [7, 11) is -2.62. The molecule has 1 atom stereocenters. The molecule has 1 aliphatic heterocycles. The Balaban J connectivity index is 2.15. The summed E-state index contributed by atoms with van der Waals surface area (Å²) in [4.78, 5) is 11.6. The Labute approximate surface area is 144 Å². The highest BCUT2D eigenvalue weighted by molar-refractivity contribution is 6.99. The Kier molecular flexibility index (Phi) is 4.61. The molecule has 3 nitrogen and oxygen atoms in total. The van der Waals surface area contributed by atoms with E-state index in [9.17, 15) is 4.79 Å². The van der Waals surface area contributed by atoms with Gasteiger partial charge in [-0.1, -0.05) is 81.4 Å². The summed E-state index contributed by atoms with van der Waals surface area (Å²) in [6.45, 7) is 6.65. The minimum absolute atomic E-state index is 0.106. The SMILES string of the molecule is CC(C)(C)[Si](OC1CCC(=O)O1)(c1ccccc1)c1ccccc1. The number of cyclic esters (lactones) is 1. The summed E-state index contributed by atoms with van der Waals surface area (Å²) in [5.74, 6) is -0.169. The number of esters is 1. The number of ether oxygens (including phenoxy) is 1. The van der Waals surface area contributed by atoms with Gasteiger partial charge in [-0.3, -0.25) is 4.79 Å². The Bertz CT molecular complexity index is 652. The summed E-state index contributed by atoms with van der Waals surface area (Å²) in [5, 5.41) is 2.29. The van der Waals surface area contributed by atoms with Crippen molar-refractivity contribution in [2.24, 2.45) is 0 Å². The third kappa shape index (κ3) is 3.04. The van der Waals surface area contributed by atoms with Crippen molar-refractivity contribution >= 4 is 24.7 Å². The molecule has 0 amide bonds. The molecule has 1 fully saturated rings. The number of carbonyl (C=O) groups excluding carboxylic acids is 1. The van der Waals surface area contributed by atoms with Crippen LogP contribution in [0.3, 0.4) is 0 Å². The maximum Gasteiger partial charge on any atom is 0.308 e. The Morgan fingerprint density at radius 3 is 1.83 bits per heavy atom. The van der Waals surface area contributed by atoms with Gasteiger partial charge < -0.3 is 9.16 Å². The first kappa shape index (κ1) is 16.9. The first-order valence-corrected chi connectivity index (χ1v) is 10.3. The van der Waals surface area contributed by atoms with E-state index in [-0.39, 0.29) is 11.0 Å². The Hall–Kier alpha value is -1.91. The van der Waals surface area contributed by atoms with Gasteiger partial charge in [0.1, 0.15) is 0 Å². The molecule has 4 heteroatoms. The third-order valence-corrected chi connectivity index (χ3v) is 9.59. The number of rotatable bonds is 4. The van der Waals surface area contributed by atoms with Gasteiger partial charge in [-0.2, -0.15) is 0 Å². The molecular formula is C20H24O3Si. The minimum Gasteiger partial charge on any atom is -0.437 e. The van der Waals surface area contributed by atoms with E-state index in [4.69, 9.17) is 9.16 Å². The highest BCUT2D eigenvalue weighted by Gasteiger charge is 2.52. The minimum atomic E-state index is -2.62. The predicted molar refractivity (Wildman–Crippen MR) is 97.8 cm³/mol. The van der Waals surface area contributed by atoms with Gasteiger partial charge in [-0.25, -0.2) is 0 Å². The molecule has 0 bridgehead atoms. The molecule has 0 spiro atoms. The molecule has 126 valence electrons. The first-order chi connectivity index (χ1) is 11.4. The first-order valence-electron chi connectivity index (χ1n) is 8.42. The second kappa shape index (κ2) is 6.53. The number of benzene rings is 2. The molecule has 1 heterocycles. The van der Waals surface area contributed by atoms with Gasteiger partial charge in [0.05, 0.1) is 6.42 Å². The molecular weight excluding hydrogens is 316 g/mol. The van der Waals surface area contributed by atoms with E-state index in [2.05, 4.69) is 69.3 Å². The Morgan fingerprint density at radius 1 is 0.958 bits per heavy atom. The maximum atomic E-state index is 11.6. The van der Waals surface area contributed by atoms with E-state index in [0.29, 0.717) is 12.8 Å². The van der Waals surface area contributed by atoms with Gasteiger partial charge in [-0.05, 0) is 15.4 Å². The normalized spacial score (nSPS) is 18.5. The summed E-state index contributed by atoms with van der Waals surface area (Å²) in [6.07, 6.45) is 0.607. The fourth-order valence-corrected chi connectivity index (χ4v) is 8.05. The maximum absolute atomic E-state index is 11.6. The van der Waals surface area contributed by atoms with Crippen LogP contribution in [0.2, 0.25) is 5.04 Å². The zero-order valence-electron chi connectivity index (χ0n) is 14.5. The van der Waals surface area contributed by atoms with Crippen molar-refractivity contribution in [3.63, 3.8) is 0 Å². The molecule has 0 N–H and O–H groups in total. The van der Waals surface area contributed by atoms with Gasteiger partial charge in [0.25, 0.3) is 8.32 Å². The largest absolute Gasteiger partial charge is 0.437 e. The van der Waals surface area contributed by atoms with E-state index >= 15 is 0 Å². The quantitative estimate of drug-likeness (QED) is 0.633. The lowest BCUT2D eigenvalue weighted by Crippen LogP contribution is -2.67. The Morgan fingerprint density at radius 2 is 1.46 bits per heavy atom. The standard InChI is InChI=1S/C20H24O3Si/c1-20(2,3)24(16-10-6-4-7-11-16,17-12-8-5-9-13-17)23-19-15-14-18(21)22-19/h4-13,19H,14-15H2,1-3H3. The lowest BCUT2D eigenvalue weighted by Gasteiger charge is -2.44. The van der Waals surface area contributed by atoms with Crippen LogP contribution in [-0.4, -0.2) is 20.6 Å².